The summed E-state index contributed by atoms with van der Waals surface area (Å²) in [6, 6.07) is 8.47. The van der Waals surface area contributed by atoms with E-state index in [1.165, 1.54) is 11.1 Å². The van der Waals surface area contributed by atoms with Crippen LogP contribution >= 0.6 is 0 Å². The number of piperazine rings is 1. The first kappa shape index (κ1) is 17.5. The molecule has 0 spiro atoms. The zero-order valence-corrected chi connectivity index (χ0v) is 16.0. The predicted molar refractivity (Wildman–Crippen MR) is 101 cm³/mol. The molecule has 3 aliphatic rings. The normalized spacial score (nSPS) is 28.5. The van der Waals surface area contributed by atoms with Gasteiger partial charge in [-0.15, -0.1) is 0 Å². The van der Waals surface area contributed by atoms with E-state index < -0.39 is 0 Å². The van der Waals surface area contributed by atoms with E-state index in [9.17, 15) is 9.59 Å². The number of benzene rings is 1. The lowest BCUT2D eigenvalue weighted by molar-refractivity contribution is -0.156. The number of rotatable bonds is 3. The van der Waals surface area contributed by atoms with Crippen molar-refractivity contribution in [3.8, 4) is 0 Å². The minimum Gasteiger partial charge on any atom is -0.329 e. The number of fused-ring (bicyclic) bond motifs is 2. The van der Waals surface area contributed by atoms with Gasteiger partial charge in [0, 0.05) is 25.7 Å². The molecule has 0 saturated carbocycles. The second-order valence-electron chi connectivity index (χ2n) is 8.96. The van der Waals surface area contributed by atoms with Gasteiger partial charge >= 0.3 is 0 Å². The Morgan fingerprint density at radius 3 is 2.42 bits per heavy atom. The van der Waals surface area contributed by atoms with Crippen molar-refractivity contribution in [1.29, 1.82) is 0 Å². The van der Waals surface area contributed by atoms with Crippen molar-refractivity contribution in [3.63, 3.8) is 0 Å². The number of carbonyl (C=O) groups excluding carboxylic acids is 2. The molecule has 5 nitrogen and oxygen atoms in total. The van der Waals surface area contributed by atoms with Crippen LogP contribution in [-0.2, 0) is 21.5 Å². The molecule has 3 fully saturated rings. The summed E-state index contributed by atoms with van der Waals surface area (Å²) >= 11 is 0. The van der Waals surface area contributed by atoms with Crippen molar-refractivity contribution < 1.29 is 9.59 Å². The van der Waals surface area contributed by atoms with E-state index >= 15 is 0 Å². The second kappa shape index (κ2) is 6.38. The summed E-state index contributed by atoms with van der Waals surface area (Å²) in [7, 11) is 0. The van der Waals surface area contributed by atoms with Gasteiger partial charge in [-0.05, 0) is 35.8 Å². The van der Waals surface area contributed by atoms with Gasteiger partial charge in [-0.3, -0.25) is 9.59 Å². The fourth-order valence-electron chi connectivity index (χ4n) is 4.52. The van der Waals surface area contributed by atoms with Gasteiger partial charge in [0.05, 0.1) is 0 Å². The standard InChI is InChI=1S/C21H29N3O2/c1-21(2,3)15-8-6-14(7-9-15)12-22-16-11-18-20(26)23-10-4-5-17(23)19(25)24(18)13-16/h6-9,16-18,22H,4-5,10-13H2,1-3H3/t16-,17+,18-/m0/s1. The van der Waals surface area contributed by atoms with Gasteiger partial charge in [0.2, 0.25) is 11.8 Å². The molecule has 0 unspecified atom stereocenters. The van der Waals surface area contributed by atoms with E-state index in [1.807, 2.05) is 9.80 Å². The summed E-state index contributed by atoms with van der Waals surface area (Å²) < 4.78 is 0. The molecule has 3 heterocycles. The van der Waals surface area contributed by atoms with E-state index in [0.717, 1.165) is 32.4 Å². The zero-order chi connectivity index (χ0) is 18.5. The Morgan fingerprint density at radius 1 is 1.04 bits per heavy atom. The van der Waals surface area contributed by atoms with Crippen LogP contribution in [0, 0.1) is 0 Å². The number of hydrogen-bond donors (Lipinski definition) is 1. The lowest BCUT2D eigenvalue weighted by Crippen LogP contribution is -2.60. The molecule has 2 amide bonds. The third-order valence-electron chi connectivity index (χ3n) is 6.10. The van der Waals surface area contributed by atoms with Crippen molar-refractivity contribution in [1.82, 2.24) is 15.1 Å². The summed E-state index contributed by atoms with van der Waals surface area (Å²) in [5.74, 6) is 0.317. The van der Waals surface area contributed by atoms with E-state index in [1.54, 1.807) is 0 Å². The smallest absolute Gasteiger partial charge is 0.246 e. The van der Waals surface area contributed by atoms with Crippen LogP contribution in [0.5, 0.6) is 0 Å². The Labute approximate surface area is 155 Å². The molecule has 0 bridgehead atoms. The first-order chi connectivity index (χ1) is 12.3. The highest BCUT2D eigenvalue weighted by atomic mass is 16.2. The number of nitrogens with one attached hydrogen (secondary N) is 1. The molecule has 3 saturated heterocycles. The topological polar surface area (TPSA) is 52.7 Å². The average molecular weight is 355 g/mol. The monoisotopic (exact) mass is 355 g/mol. The molecule has 1 aromatic carbocycles. The summed E-state index contributed by atoms with van der Waals surface area (Å²) in [6.45, 7) is 8.82. The van der Waals surface area contributed by atoms with Crippen LogP contribution in [0.15, 0.2) is 24.3 Å². The maximum atomic E-state index is 12.7. The van der Waals surface area contributed by atoms with Crippen LogP contribution in [0.4, 0.5) is 0 Å². The fourth-order valence-corrected chi connectivity index (χ4v) is 4.52. The summed E-state index contributed by atoms with van der Waals surface area (Å²) in [5.41, 5.74) is 2.73. The highest BCUT2D eigenvalue weighted by Gasteiger charge is 2.51. The van der Waals surface area contributed by atoms with Gasteiger partial charge < -0.3 is 15.1 Å². The lowest BCUT2D eigenvalue weighted by Gasteiger charge is -2.38. The Bertz CT molecular complexity index is 677. The van der Waals surface area contributed by atoms with Crippen LogP contribution in [0.1, 0.15) is 51.2 Å². The molecular weight excluding hydrogens is 326 g/mol. The van der Waals surface area contributed by atoms with Crippen LogP contribution < -0.4 is 5.32 Å². The molecule has 0 aromatic heterocycles. The highest BCUT2D eigenvalue weighted by Crippen LogP contribution is 2.32. The Morgan fingerprint density at radius 2 is 1.73 bits per heavy atom. The van der Waals surface area contributed by atoms with Crippen LogP contribution in [-0.4, -0.2) is 52.8 Å². The molecule has 5 heteroatoms. The van der Waals surface area contributed by atoms with Crippen molar-refractivity contribution in [2.24, 2.45) is 0 Å². The quantitative estimate of drug-likeness (QED) is 0.903. The Kier molecular flexibility index (Phi) is 4.30. The number of amides is 2. The fraction of sp³-hybridized carbons (Fsp3) is 0.619. The highest BCUT2D eigenvalue weighted by molar-refractivity contribution is 5.98. The Balaban J connectivity index is 1.38. The van der Waals surface area contributed by atoms with Gasteiger partial charge in [0.1, 0.15) is 12.1 Å². The van der Waals surface area contributed by atoms with Gasteiger partial charge in [0.25, 0.3) is 0 Å². The second-order valence-corrected chi connectivity index (χ2v) is 8.96. The SMILES string of the molecule is CC(C)(C)c1ccc(CN[C@H]2C[C@H]3C(=O)N4CCC[C@@H]4C(=O)N3C2)cc1. The summed E-state index contributed by atoms with van der Waals surface area (Å²) in [5, 5.41) is 3.55. The van der Waals surface area contributed by atoms with E-state index in [0.29, 0.717) is 6.54 Å². The van der Waals surface area contributed by atoms with Crippen LogP contribution in [0.25, 0.3) is 0 Å². The molecule has 0 radical (unpaired) electrons. The first-order valence-electron chi connectivity index (χ1n) is 9.78. The molecule has 3 atom stereocenters. The zero-order valence-electron chi connectivity index (χ0n) is 16.0. The number of nitrogens with zero attached hydrogens (tertiary/aromatic N) is 2. The summed E-state index contributed by atoms with van der Waals surface area (Å²) in [4.78, 5) is 29.0. The molecule has 3 aliphatic heterocycles. The predicted octanol–water partition coefficient (Wildman–Crippen LogP) is 2.05. The molecule has 140 valence electrons. The minimum atomic E-state index is -0.252. The van der Waals surface area contributed by atoms with Crippen molar-refractivity contribution in [2.75, 3.05) is 13.1 Å². The number of carbonyl (C=O) groups is 2. The summed E-state index contributed by atoms with van der Waals surface area (Å²) in [6.07, 6.45) is 2.51. The molecule has 26 heavy (non-hydrogen) atoms. The lowest BCUT2D eigenvalue weighted by atomic mass is 9.87. The van der Waals surface area contributed by atoms with E-state index in [-0.39, 0.29) is 35.4 Å². The molecule has 1 N–H and O–H groups in total. The van der Waals surface area contributed by atoms with Crippen LogP contribution in [0.2, 0.25) is 0 Å². The van der Waals surface area contributed by atoms with Crippen molar-refractivity contribution >= 4 is 11.8 Å². The average Bonchev–Trinajstić information content (AvgIpc) is 3.25. The molecule has 0 aliphatic carbocycles. The van der Waals surface area contributed by atoms with Gasteiger partial charge in [0.15, 0.2) is 0 Å². The largest absolute Gasteiger partial charge is 0.329 e. The first-order valence-corrected chi connectivity index (χ1v) is 9.78. The minimum absolute atomic E-state index is 0.158. The molecule has 1 aromatic rings. The van der Waals surface area contributed by atoms with Gasteiger partial charge in [-0.1, -0.05) is 45.0 Å². The molecular formula is C21H29N3O2. The Hall–Kier alpha value is -1.88. The van der Waals surface area contributed by atoms with Crippen LogP contribution in [0.3, 0.4) is 0 Å². The van der Waals surface area contributed by atoms with E-state index in [4.69, 9.17) is 0 Å². The van der Waals surface area contributed by atoms with Crippen molar-refractivity contribution in [3.05, 3.63) is 35.4 Å². The van der Waals surface area contributed by atoms with E-state index in [2.05, 4.69) is 50.4 Å². The maximum absolute atomic E-state index is 12.7. The van der Waals surface area contributed by atoms with Crippen molar-refractivity contribution in [2.45, 2.75) is 70.1 Å². The van der Waals surface area contributed by atoms with Gasteiger partial charge in [-0.2, -0.15) is 0 Å². The third kappa shape index (κ3) is 3.02. The maximum Gasteiger partial charge on any atom is 0.246 e. The number of hydrogen-bond acceptors (Lipinski definition) is 3. The third-order valence-corrected chi connectivity index (χ3v) is 6.10. The van der Waals surface area contributed by atoms with Gasteiger partial charge in [-0.25, -0.2) is 0 Å². The molecule has 4 rings (SSSR count).